The second kappa shape index (κ2) is 7.61. The van der Waals surface area contributed by atoms with Gasteiger partial charge in [-0.3, -0.25) is 14.3 Å². The third kappa shape index (κ3) is 3.35. The van der Waals surface area contributed by atoms with Crippen LogP contribution < -0.4 is 5.56 Å². The molecule has 2 aromatic heterocycles. The van der Waals surface area contributed by atoms with E-state index in [2.05, 4.69) is 47.1 Å². The molecule has 1 N–H and O–H groups in total. The van der Waals surface area contributed by atoms with Gasteiger partial charge in [0.15, 0.2) is 4.77 Å². The maximum atomic E-state index is 13.6. The molecule has 0 saturated carbocycles. The molecule has 4 aromatic rings. The first kappa shape index (κ1) is 19.4. The highest BCUT2D eigenvalue weighted by molar-refractivity contribution is 7.71. The fourth-order valence-corrected chi connectivity index (χ4v) is 6.01. The number of aryl methyl sites for hydroxylation is 2. The third-order valence-electron chi connectivity index (χ3n) is 5.82. The van der Waals surface area contributed by atoms with Crippen LogP contribution in [0.15, 0.2) is 53.3 Å². The lowest BCUT2D eigenvalue weighted by Gasteiger charge is -2.26. The van der Waals surface area contributed by atoms with Crippen molar-refractivity contribution in [2.75, 3.05) is 6.54 Å². The number of aromatic nitrogens is 2. The van der Waals surface area contributed by atoms with E-state index in [1.807, 2.05) is 25.1 Å². The van der Waals surface area contributed by atoms with Gasteiger partial charge in [0.1, 0.15) is 4.83 Å². The predicted molar refractivity (Wildman–Crippen MR) is 126 cm³/mol. The van der Waals surface area contributed by atoms with E-state index in [4.69, 9.17) is 12.2 Å². The summed E-state index contributed by atoms with van der Waals surface area (Å²) in [5.74, 6) is 0. The minimum Gasteiger partial charge on any atom is -0.323 e. The molecule has 0 bridgehead atoms. The monoisotopic (exact) mass is 433 g/mol. The molecule has 4 nitrogen and oxygen atoms in total. The van der Waals surface area contributed by atoms with Crippen LogP contribution in [0.3, 0.4) is 0 Å². The Kier molecular flexibility index (Phi) is 4.93. The smallest absolute Gasteiger partial charge is 0.267 e. The summed E-state index contributed by atoms with van der Waals surface area (Å²) in [4.78, 5) is 21.5. The highest BCUT2D eigenvalue weighted by atomic mass is 32.1. The standard InChI is InChI=1S/C24H23N3OS2/c1-15-8-9-19(16(2)12-15)27-23(28)21-18-10-11-26(13-17-6-4-3-5-7-17)14-20(18)30-22(21)25-24(27)29/h3-9,12H,10-11,13-14H2,1-2H3,(H,25,29). The molecule has 6 heteroatoms. The van der Waals surface area contributed by atoms with Gasteiger partial charge in [0, 0.05) is 24.5 Å². The molecule has 1 aliphatic heterocycles. The quantitative estimate of drug-likeness (QED) is 0.447. The summed E-state index contributed by atoms with van der Waals surface area (Å²) in [6, 6.07) is 16.7. The van der Waals surface area contributed by atoms with E-state index in [0.717, 1.165) is 47.5 Å². The van der Waals surface area contributed by atoms with Gasteiger partial charge >= 0.3 is 0 Å². The van der Waals surface area contributed by atoms with E-state index in [1.165, 1.54) is 21.6 Å². The van der Waals surface area contributed by atoms with Crippen LogP contribution in [0.5, 0.6) is 0 Å². The zero-order valence-electron chi connectivity index (χ0n) is 17.1. The normalized spacial score (nSPS) is 14.2. The predicted octanol–water partition coefficient (Wildman–Crippen LogP) is 5.28. The lowest BCUT2D eigenvalue weighted by atomic mass is 10.0. The van der Waals surface area contributed by atoms with Crippen LogP contribution in [-0.2, 0) is 19.5 Å². The summed E-state index contributed by atoms with van der Waals surface area (Å²) in [6.07, 6.45) is 0.884. The first-order valence-electron chi connectivity index (χ1n) is 10.1. The van der Waals surface area contributed by atoms with Crippen LogP contribution >= 0.6 is 23.6 Å². The molecule has 0 spiro atoms. The van der Waals surface area contributed by atoms with Crippen molar-refractivity contribution in [2.24, 2.45) is 0 Å². The molecule has 0 atom stereocenters. The van der Waals surface area contributed by atoms with Crippen LogP contribution in [0.25, 0.3) is 15.9 Å². The minimum absolute atomic E-state index is 0.00490. The number of thiophene rings is 1. The van der Waals surface area contributed by atoms with Gasteiger partial charge in [-0.1, -0.05) is 48.0 Å². The van der Waals surface area contributed by atoms with Gasteiger partial charge < -0.3 is 4.98 Å². The topological polar surface area (TPSA) is 41.0 Å². The van der Waals surface area contributed by atoms with Gasteiger partial charge in [-0.2, -0.15) is 0 Å². The number of aromatic amines is 1. The summed E-state index contributed by atoms with van der Waals surface area (Å²) < 4.78 is 2.12. The maximum absolute atomic E-state index is 13.6. The average Bonchev–Trinajstić information content (AvgIpc) is 3.07. The van der Waals surface area contributed by atoms with Gasteiger partial charge in [-0.25, -0.2) is 0 Å². The SMILES string of the molecule is Cc1ccc(-n2c(=S)[nH]c3sc4c(c3c2=O)CCN(Cc2ccccc2)C4)c(C)c1. The van der Waals surface area contributed by atoms with E-state index < -0.39 is 0 Å². The van der Waals surface area contributed by atoms with Crippen molar-refractivity contribution in [3.05, 3.63) is 90.8 Å². The Morgan fingerprint density at radius 2 is 1.93 bits per heavy atom. The number of hydrogen-bond acceptors (Lipinski definition) is 4. The van der Waals surface area contributed by atoms with E-state index >= 15 is 0 Å². The minimum atomic E-state index is -0.00490. The van der Waals surface area contributed by atoms with E-state index in [9.17, 15) is 4.79 Å². The fraction of sp³-hybridized carbons (Fsp3) is 0.250. The summed E-state index contributed by atoms with van der Waals surface area (Å²) >= 11 is 7.27. The Morgan fingerprint density at radius 1 is 1.13 bits per heavy atom. The second-order valence-corrected chi connectivity index (χ2v) is 9.51. The van der Waals surface area contributed by atoms with Crippen molar-refractivity contribution in [1.29, 1.82) is 0 Å². The third-order valence-corrected chi connectivity index (χ3v) is 7.24. The van der Waals surface area contributed by atoms with Crippen molar-refractivity contribution >= 4 is 33.8 Å². The van der Waals surface area contributed by atoms with E-state index in [0.29, 0.717) is 4.77 Å². The van der Waals surface area contributed by atoms with Gasteiger partial charge in [0.05, 0.1) is 11.1 Å². The lowest BCUT2D eigenvalue weighted by Crippen LogP contribution is -2.30. The summed E-state index contributed by atoms with van der Waals surface area (Å²) in [6.45, 7) is 6.83. The second-order valence-electron chi connectivity index (χ2n) is 8.01. The van der Waals surface area contributed by atoms with Crippen LogP contribution in [0.4, 0.5) is 0 Å². The molecular weight excluding hydrogens is 410 g/mol. The molecule has 3 heterocycles. The van der Waals surface area contributed by atoms with Crippen molar-refractivity contribution < 1.29 is 0 Å². The molecule has 0 saturated heterocycles. The largest absolute Gasteiger partial charge is 0.323 e. The molecule has 0 aliphatic carbocycles. The van der Waals surface area contributed by atoms with Crippen LogP contribution in [0.1, 0.15) is 27.1 Å². The Balaban J connectivity index is 1.58. The molecule has 0 amide bonds. The molecular formula is C24H23N3OS2. The zero-order valence-corrected chi connectivity index (χ0v) is 18.7. The van der Waals surface area contributed by atoms with E-state index in [-0.39, 0.29) is 5.56 Å². The summed E-state index contributed by atoms with van der Waals surface area (Å²) in [5, 5.41) is 0.808. The van der Waals surface area contributed by atoms with Gasteiger partial charge in [-0.15, -0.1) is 11.3 Å². The molecule has 0 radical (unpaired) electrons. The molecule has 0 fully saturated rings. The maximum Gasteiger partial charge on any atom is 0.267 e. The molecule has 1 aliphatic rings. The Hall–Kier alpha value is -2.54. The fourth-order valence-electron chi connectivity index (χ4n) is 4.38. The van der Waals surface area contributed by atoms with Crippen LogP contribution in [-0.4, -0.2) is 21.0 Å². The number of fused-ring (bicyclic) bond motifs is 3. The molecule has 30 heavy (non-hydrogen) atoms. The molecule has 2 aromatic carbocycles. The lowest BCUT2D eigenvalue weighted by molar-refractivity contribution is 0.249. The number of H-pyrrole nitrogens is 1. The van der Waals surface area contributed by atoms with Crippen molar-refractivity contribution in [3.63, 3.8) is 0 Å². The summed E-state index contributed by atoms with van der Waals surface area (Å²) in [7, 11) is 0. The Morgan fingerprint density at radius 3 is 2.70 bits per heavy atom. The zero-order chi connectivity index (χ0) is 20.8. The first-order chi connectivity index (χ1) is 14.5. The first-order valence-corrected chi connectivity index (χ1v) is 11.4. The number of nitrogens with one attached hydrogen (secondary N) is 1. The number of nitrogens with zero attached hydrogens (tertiary/aromatic N) is 2. The van der Waals surface area contributed by atoms with Crippen LogP contribution in [0.2, 0.25) is 0 Å². The van der Waals surface area contributed by atoms with Crippen LogP contribution in [0, 0.1) is 18.6 Å². The van der Waals surface area contributed by atoms with Gasteiger partial charge in [0.25, 0.3) is 5.56 Å². The number of benzene rings is 2. The van der Waals surface area contributed by atoms with E-state index in [1.54, 1.807) is 15.9 Å². The molecule has 152 valence electrons. The van der Waals surface area contributed by atoms with Gasteiger partial charge in [0.2, 0.25) is 0 Å². The number of rotatable bonds is 3. The Labute approximate surface area is 184 Å². The molecule has 0 unspecified atom stereocenters. The highest BCUT2D eigenvalue weighted by Crippen LogP contribution is 2.33. The Bertz CT molecular complexity index is 1370. The molecule has 5 rings (SSSR count). The summed E-state index contributed by atoms with van der Waals surface area (Å²) in [5.41, 5.74) is 5.58. The van der Waals surface area contributed by atoms with Crippen molar-refractivity contribution in [3.8, 4) is 5.69 Å². The van der Waals surface area contributed by atoms with Crippen molar-refractivity contribution in [1.82, 2.24) is 14.5 Å². The number of hydrogen-bond donors (Lipinski definition) is 1. The van der Waals surface area contributed by atoms with Gasteiger partial charge in [-0.05, 0) is 55.2 Å². The average molecular weight is 434 g/mol. The van der Waals surface area contributed by atoms with Crippen molar-refractivity contribution in [2.45, 2.75) is 33.4 Å². The highest BCUT2D eigenvalue weighted by Gasteiger charge is 2.24.